The summed E-state index contributed by atoms with van der Waals surface area (Å²) in [5.41, 5.74) is 0. The normalized spacial score (nSPS) is 7.33. The summed E-state index contributed by atoms with van der Waals surface area (Å²) in [7, 11) is 0. The van der Waals surface area contributed by atoms with E-state index in [1.54, 1.807) is 0 Å². The maximum atomic E-state index is 10.1. The van der Waals surface area contributed by atoms with Gasteiger partial charge in [0.2, 0.25) is 0 Å². The van der Waals surface area contributed by atoms with Crippen LogP contribution in [0.2, 0.25) is 0 Å². The average molecular weight is 138 g/mol. The summed E-state index contributed by atoms with van der Waals surface area (Å²) < 4.78 is 4.06. The second-order valence-electron chi connectivity index (χ2n) is 1.22. The van der Waals surface area contributed by atoms with Crippen LogP contribution in [-0.4, -0.2) is 11.9 Å². The average Bonchev–Trinajstić information content (AvgIpc) is 1.65. The van der Waals surface area contributed by atoms with Crippen LogP contribution in [0.4, 0.5) is 0 Å². The van der Waals surface area contributed by atoms with E-state index >= 15 is 0 Å². The van der Waals surface area contributed by atoms with E-state index in [-0.39, 0.29) is 36.0 Å². The maximum absolute atomic E-state index is 10.1. The Labute approximate surface area is 76.0 Å². The van der Waals surface area contributed by atoms with E-state index in [9.17, 15) is 9.59 Å². The predicted molar refractivity (Wildman–Crippen MR) is 26.7 cm³/mol. The molecule has 9 heavy (non-hydrogen) atoms. The van der Waals surface area contributed by atoms with Gasteiger partial charge >= 0.3 is 35.5 Å². The van der Waals surface area contributed by atoms with Crippen molar-refractivity contribution in [3.63, 3.8) is 0 Å². The smallest absolute Gasteiger partial charge is 0.395 e. The first kappa shape index (κ1) is 11.9. The fourth-order valence-electron chi connectivity index (χ4n) is 0.211. The standard InChI is InChI=1S/C5H7O3.Na/c1-3-5(7)8-4(2)6;/h1,3H2,2H3;/q-1;+1. The van der Waals surface area contributed by atoms with Crippen molar-refractivity contribution in [2.45, 2.75) is 13.3 Å². The van der Waals surface area contributed by atoms with Crippen LogP contribution in [0.25, 0.3) is 0 Å². The van der Waals surface area contributed by atoms with Crippen LogP contribution in [-0.2, 0) is 14.3 Å². The topological polar surface area (TPSA) is 43.4 Å². The molecule has 0 bridgehead atoms. The minimum absolute atomic E-state index is 0. The Kier molecular flexibility index (Phi) is 8.27. The van der Waals surface area contributed by atoms with E-state index in [4.69, 9.17) is 0 Å². The fraction of sp³-hybridized carbons (Fsp3) is 0.400. The number of hydrogen-bond acceptors (Lipinski definition) is 3. The van der Waals surface area contributed by atoms with Gasteiger partial charge in [0.1, 0.15) is 0 Å². The molecule has 0 aromatic carbocycles. The van der Waals surface area contributed by atoms with Gasteiger partial charge in [-0.15, -0.1) is 0 Å². The van der Waals surface area contributed by atoms with Crippen LogP contribution < -0.4 is 29.6 Å². The molecule has 46 valence electrons. The Morgan fingerprint density at radius 1 is 1.56 bits per heavy atom. The molecule has 0 aromatic heterocycles. The van der Waals surface area contributed by atoms with Gasteiger partial charge in [-0.3, -0.25) is 9.59 Å². The van der Waals surface area contributed by atoms with E-state index in [0.29, 0.717) is 0 Å². The quantitative estimate of drug-likeness (QED) is 0.171. The van der Waals surface area contributed by atoms with Crippen molar-refractivity contribution in [1.82, 2.24) is 0 Å². The van der Waals surface area contributed by atoms with Gasteiger partial charge in [-0.05, 0) is 0 Å². The molecule has 3 nitrogen and oxygen atoms in total. The van der Waals surface area contributed by atoms with Gasteiger partial charge in [-0.25, -0.2) is 0 Å². The monoisotopic (exact) mass is 138 g/mol. The molecular weight excluding hydrogens is 131 g/mol. The van der Waals surface area contributed by atoms with E-state index in [1.807, 2.05) is 0 Å². The third kappa shape index (κ3) is 8.14. The Bertz CT molecular complexity index is 111. The maximum Gasteiger partial charge on any atom is 1.00 e. The van der Waals surface area contributed by atoms with Gasteiger partial charge in [0.05, 0.1) is 0 Å². The molecule has 0 aliphatic carbocycles. The first-order valence-electron chi connectivity index (χ1n) is 2.17. The number of carbonyl (C=O) groups excluding carboxylic acids is 2. The van der Waals surface area contributed by atoms with Crippen LogP contribution in [0.1, 0.15) is 13.3 Å². The largest absolute Gasteiger partial charge is 1.00 e. The van der Waals surface area contributed by atoms with Crippen LogP contribution >= 0.6 is 0 Å². The summed E-state index contributed by atoms with van der Waals surface area (Å²) in [5, 5.41) is 0. The van der Waals surface area contributed by atoms with E-state index < -0.39 is 11.9 Å². The molecule has 0 saturated carbocycles. The minimum atomic E-state index is -0.586. The number of esters is 2. The first-order valence-corrected chi connectivity index (χ1v) is 2.17. The molecule has 4 heteroatoms. The van der Waals surface area contributed by atoms with Crippen LogP contribution in [0, 0.1) is 6.92 Å². The van der Waals surface area contributed by atoms with Crippen molar-refractivity contribution in [3.8, 4) is 0 Å². The molecule has 0 unspecified atom stereocenters. The molecule has 0 N–H and O–H groups in total. The van der Waals surface area contributed by atoms with Crippen LogP contribution in [0.15, 0.2) is 0 Å². The third-order valence-corrected chi connectivity index (χ3v) is 0.462. The van der Waals surface area contributed by atoms with Crippen molar-refractivity contribution in [2.75, 3.05) is 0 Å². The molecule has 0 fully saturated rings. The Morgan fingerprint density at radius 3 is 2.11 bits per heavy atom. The first-order chi connectivity index (χ1) is 3.66. The summed E-state index contributed by atoms with van der Waals surface area (Å²) in [6.45, 7) is 4.39. The molecule has 0 rings (SSSR count). The molecule has 0 aromatic rings. The van der Waals surface area contributed by atoms with Crippen LogP contribution in [0.5, 0.6) is 0 Å². The zero-order valence-corrected chi connectivity index (χ0v) is 7.64. The second kappa shape index (κ2) is 6.26. The molecular formula is C5H7NaO3. The zero-order chi connectivity index (χ0) is 6.57. The van der Waals surface area contributed by atoms with Crippen molar-refractivity contribution in [3.05, 3.63) is 6.92 Å². The molecule has 0 atom stereocenters. The predicted octanol–water partition coefficient (Wildman–Crippen LogP) is -2.70. The molecule has 0 aliphatic heterocycles. The molecule has 0 spiro atoms. The van der Waals surface area contributed by atoms with Gasteiger partial charge in [0, 0.05) is 6.92 Å². The zero-order valence-electron chi connectivity index (χ0n) is 5.64. The van der Waals surface area contributed by atoms with Gasteiger partial charge in [-0.2, -0.15) is 0 Å². The summed E-state index contributed by atoms with van der Waals surface area (Å²) in [5.74, 6) is -1.17. The van der Waals surface area contributed by atoms with Gasteiger partial charge in [-0.1, -0.05) is 6.42 Å². The summed E-state index contributed by atoms with van der Waals surface area (Å²) in [6.07, 6.45) is -0.000417. The SMILES string of the molecule is [CH2-]CC(=O)OC(C)=O.[Na+]. The Hall–Kier alpha value is 0.140. The minimum Gasteiger partial charge on any atom is -0.395 e. The van der Waals surface area contributed by atoms with Crippen molar-refractivity contribution < 1.29 is 43.9 Å². The summed E-state index contributed by atoms with van der Waals surface area (Å²) in [4.78, 5) is 20.1. The Balaban J connectivity index is 0. The van der Waals surface area contributed by atoms with E-state index in [0.717, 1.165) is 0 Å². The van der Waals surface area contributed by atoms with E-state index in [2.05, 4.69) is 11.7 Å². The van der Waals surface area contributed by atoms with Gasteiger partial charge in [0.15, 0.2) is 0 Å². The number of carbonyl (C=O) groups is 2. The molecule has 0 amide bonds. The summed E-state index contributed by atoms with van der Waals surface area (Å²) in [6, 6.07) is 0. The van der Waals surface area contributed by atoms with Gasteiger partial charge in [0.25, 0.3) is 5.97 Å². The van der Waals surface area contributed by atoms with Gasteiger partial charge < -0.3 is 11.7 Å². The van der Waals surface area contributed by atoms with Crippen molar-refractivity contribution in [1.29, 1.82) is 0 Å². The molecule has 0 radical (unpaired) electrons. The van der Waals surface area contributed by atoms with Crippen molar-refractivity contribution in [2.24, 2.45) is 0 Å². The Morgan fingerprint density at radius 2 is 2.00 bits per heavy atom. The molecule has 0 aliphatic rings. The van der Waals surface area contributed by atoms with E-state index in [1.165, 1.54) is 6.92 Å². The second-order valence-corrected chi connectivity index (χ2v) is 1.22. The van der Waals surface area contributed by atoms with Crippen LogP contribution in [0.3, 0.4) is 0 Å². The number of hydrogen-bond donors (Lipinski definition) is 0. The summed E-state index contributed by atoms with van der Waals surface area (Å²) >= 11 is 0. The third-order valence-electron chi connectivity index (χ3n) is 0.462. The number of rotatable bonds is 1. The molecule has 0 saturated heterocycles. The van der Waals surface area contributed by atoms with Crippen molar-refractivity contribution >= 4 is 11.9 Å². The molecule has 0 heterocycles. The number of ether oxygens (including phenoxy) is 1. The fourth-order valence-corrected chi connectivity index (χ4v) is 0.211.